The molecule has 4 rings (SSSR count). The number of nitrogens with two attached hydrogens (primary N) is 1. The Labute approximate surface area is 172 Å². The normalized spacial score (nSPS) is 10.6. The maximum Gasteiger partial charge on any atom is 0.270 e. The zero-order chi connectivity index (χ0) is 21.0. The first-order valence-electron chi connectivity index (χ1n) is 8.85. The molecule has 4 aromatic rings. The van der Waals surface area contributed by atoms with E-state index in [0.29, 0.717) is 21.9 Å². The summed E-state index contributed by atoms with van der Waals surface area (Å²) in [6.07, 6.45) is 0.142. The number of hydrogen-bond acceptors (Lipinski definition) is 6. The molecular formula is C21H19ClN4O3. The number of nitro benzene ring substituents is 1. The van der Waals surface area contributed by atoms with E-state index in [1.807, 2.05) is 44.2 Å². The van der Waals surface area contributed by atoms with Gasteiger partial charge in [-0.1, -0.05) is 11.6 Å². The maximum absolute atomic E-state index is 10.5. The van der Waals surface area contributed by atoms with Gasteiger partial charge in [0.1, 0.15) is 5.15 Å². The van der Waals surface area contributed by atoms with Gasteiger partial charge in [-0.2, -0.15) is 0 Å². The van der Waals surface area contributed by atoms with Crippen LogP contribution in [0.15, 0.2) is 60.7 Å². The second-order valence-electron chi connectivity index (χ2n) is 6.54. The number of nitrogen functional groups attached to an aromatic ring is 1. The van der Waals surface area contributed by atoms with Crippen LogP contribution in [0, 0.1) is 10.1 Å². The van der Waals surface area contributed by atoms with Crippen LogP contribution in [-0.2, 0) is 0 Å². The van der Waals surface area contributed by atoms with Crippen LogP contribution in [0.5, 0.6) is 5.88 Å². The zero-order valence-corrected chi connectivity index (χ0v) is 16.6. The minimum absolute atomic E-state index is 0.0571. The van der Waals surface area contributed by atoms with Gasteiger partial charge in [-0.25, -0.2) is 9.97 Å². The first-order valence-corrected chi connectivity index (χ1v) is 9.23. The Bertz CT molecular complexity index is 1180. The van der Waals surface area contributed by atoms with Crippen LogP contribution in [0.3, 0.4) is 0 Å². The number of nitro groups is 1. The lowest BCUT2D eigenvalue weighted by atomic mass is 10.2. The van der Waals surface area contributed by atoms with Gasteiger partial charge in [-0.3, -0.25) is 10.1 Å². The van der Waals surface area contributed by atoms with Gasteiger partial charge in [-0.05, 0) is 56.3 Å². The monoisotopic (exact) mass is 410 g/mol. The van der Waals surface area contributed by atoms with Crippen molar-refractivity contribution in [2.24, 2.45) is 0 Å². The van der Waals surface area contributed by atoms with Crippen LogP contribution < -0.4 is 10.5 Å². The number of hydrogen-bond donors (Lipinski definition) is 1. The van der Waals surface area contributed by atoms with E-state index in [1.54, 1.807) is 18.2 Å². The molecule has 0 saturated heterocycles. The third-order valence-corrected chi connectivity index (χ3v) is 4.10. The molecule has 2 N–H and O–H groups in total. The fraction of sp³-hybridized carbons (Fsp3) is 0.143. The van der Waals surface area contributed by atoms with E-state index >= 15 is 0 Å². The summed E-state index contributed by atoms with van der Waals surface area (Å²) < 4.78 is 5.51. The van der Waals surface area contributed by atoms with E-state index in [9.17, 15) is 10.1 Å². The second kappa shape index (κ2) is 8.70. The first kappa shape index (κ1) is 20.3. The molecule has 7 nitrogen and oxygen atoms in total. The van der Waals surface area contributed by atoms with Crippen LogP contribution >= 0.6 is 11.6 Å². The van der Waals surface area contributed by atoms with E-state index in [2.05, 4.69) is 9.97 Å². The number of ether oxygens (including phenoxy) is 1. The van der Waals surface area contributed by atoms with E-state index in [1.165, 1.54) is 12.1 Å². The number of halogens is 1. The molecule has 0 unspecified atom stereocenters. The highest BCUT2D eigenvalue weighted by Gasteiger charge is 2.06. The Balaban J connectivity index is 0.000000166. The van der Waals surface area contributed by atoms with Crippen LogP contribution in [-0.4, -0.2) is 21.0 Å². The van der Waals surface area contributed by atoms with Crippen molar-refractivity contribution in [1.82, 2.24) is 9.97 Å². The van der Waals surface area contributed by atoms with Crippen LogP contribution in [0.25, 0.3) is 21.8 Å². The van der Waals surface area contributed by atoms with Gasteiger partial charge in [0, 0.05) is 34.7 Å². The Hall–Kier alpha value is -3.45. The molecule has 0 radical (unpaired) electrons. The highest BCUT2D eigenvalue weighted by Crippen LogP contribution is 2.21. The average molecular weight is 411 g/mol. The molecule has 2 aromatic heterocycles. The lowest BCUT2D eigenvalue weighted by Crippen LogP contribution is -2.06. The first-order chi connectivity index (χ1) is 13.8. The summed E-state index contributed by atoms with van der Waals surface area (Å²) in [5.41, 5.74) is 8.05. The Morgan fingerprint density at radius 2 is 1.62 bits per heavy atom. The van der Waals surface area contributed by atoms with Crippen LogP contribution in [0.1, 0.15) is 13.8 Å². The molecule has 0 aliphatic carbocycles. The molecule has 0 atom stereocenters. The summed E-state index contributed by atoms with van der Waals surface area (Å²) in [6.45, 7) is 3.96. The van der Waals surface area contributed by atoms with Crippen molar-refractivity contribution in [3.05, 3.63) is 75.9 Å². The fourth-order valence-corrected chi connectivity index (χ4v) is 2.79. The molecular weight excluding hydrogens is 392 g/mol. The molecule has 29 heavy (non-hydrogen) atoms. The standard InChI is InChI=1S/C12H14N2O.C9H5ClN2O2/c1-8(2)15-12-6-3-9-7-10(13)4-5-11(9)14-12;10-9-4-1-6-5-7(12(13)14)2-3-8(6)11-9/h3-8H,13H2,1-2H3;1-5H. The van der Waals surface area contributed by atoms with Gasteiger partial charge in [0.25, 0.3) is 5.69 Å². The number of non-ortho nitro benzene ring substituents is 1. The van der Waals surface area contributed by atoms with Gasteiger partial charge >= 0.3 is 0 Å². The Morgan fingerprint density at radius 3 is 2.34 bits per heavy atom. The van der Waals surface area contributed by atoms with Gasteiger partial charge in [0.2, 0.25) is 5.88 Å². The summed E-state index contributed by atoms with van der Waals surface area (Å²) in [7, 11) is 0. The molecule has 0 fully saturated rings. The summed E-state index contributed by atoms with van der Waals surface area (Å²) >= 11 is 5.68. The van der Waals surface area contributed by atoms with Crippen molar-refractivity contribution in [2.75, 3.05) is 5.73 Å². The molecule has 0 saturated carbocycles. The molecule has 0 aliphatic rings. The zero-order valence-electron chi connectivity index (χ0n) is 15.9. The third kappa shape index (κ3) is 5.30. The quantitative estimate of drug-likeness (QED) is 0.210. The summed E-state index contributed by atoms with van der Waals surface area (Å²) in [5.74, 6) is 0.655. The lowest BCUT2D eigenvalue weighted by molar-refractivity contribution is -0.384. The van der Waals surface area contributed by atoms with E-state index in [0.717, 1.165) is 16.6 Å². The van der Waals surface area contributed by atoms with Crippen molar-refractivity contribution in [3.8, 4) is 5.88 Å². The van der Waals surface area contributed by atoms with Crippen molar-refractivity contribution < 1.29 is 9.66 Å². The highest BCUT2D eigenvalue weighted by atomic mass is 35.5. The Morgan fingerprint density at radius 1 is 0.966 bits per heavy atom. The Kier molecular flexibility index (Phi) is 6.09. The van der Waals surface area contributed by atoms with Crippen molar-refractivity contribution in [1.29, 1.82) is 0 Å². The van der Waals surface area contributed by atoms with Crippen molar-refractivity contribution in [2.45, 2.75) is 20.0 Å². The van der Waals surface area contributed by atoms with Crippen LogP contribution in [0.4, 0.5) is 11.4 Å². The number of nitrogens with zero attached hydrogens (tertiary/aromatic N) is 3. The number of anilines is 1. The van der Waals surface area contributed by atoms with Crippen molar-refractivity contribution >= 4 is 44.8 Å². The molecule has 0 bridgehead atoms. The SMILES string of the molecule is CC(C)Oc1ccc2cc(N)ccc2n1.O=[N+]([O-])c1ccc2nc(Cl)ccc2c1. The largest absolute Gasteiger partial charge is 0.475 e. The molecule has 0 spiro atoms. The van der Waals surface area contributed by atoms with Gasteiger partial charge in [0.05, 0.1) is 22.1 Å². The third-order valence-electron chi connectivity index (χ3n) is 3.89. The number of aromatic nitrogens is 2. The summed E-state index contributed by atoms with van der Waals surface area (Å²) in [4.78, 5) is 18.4. The summed E-state index contributed by atoms with van der Waals surface area (Å²) in [6, 6.07) is 17.3. The minimum Gasteiger partial charge on any atom is -0.475 e. The predicted octanol–water partition coefficient (Wildman–Crippen LogP) is 5.40. The average Bonchev–Trinajstić information content (AvgIpc) is 2.67. The molecule has 148 valence electrons. The fourth-order valence-electron chi connectivity index (χ4n) is 2.63. The molecule has 2 aromatic carbocycles. The number of pyridine rings is 2. The minimum atomic E-state index is -0.436. The van der Waals surface area contributed by atoms with Crippen molar-refractivity contribution in [3.63, 3.8) is 0 Å². The van der Waals surface area contributed by atoms with E-state index in [4.69, 9.17) is 22.1 Å². The highest BCUT2D eigenvalue weighted by molar-refractivity contribution is 6.29. The predicted molar refractivity (Wildman–Crippen MR) is 115 cm³/mol. The lowest BCUT2D eigenvalue weighted by Gasteiger charge is -2.09. The topological polar surface area (TPSA) is 104 Å². The van der Waals surface area contributed by atoms with Gasteiger partial charge in [-0.15, -0.1) is 0 Å². The molecule has 0 aliphatic heterocycles. The molecule has 8 heteroatoms. The maximum atomic E-state index is 10.5. The van der Waals surface area contributed by atoms with E-state index in [-0.39, 0.29) is 11.8 Å². The number of benzene rings is 2. The van der Waals surface area contributed by atoms with Gasteiger partial charge in [0.15, 0.2) is 0 Å². The van der Waals surface area contributed by atoms with Crippen LogP contribution in [0.2, 0.25) is 5.15 Å². The molecule has 2 heterocycles. The number of fused-ring (bicyclic) bond motifs is 2. The smallest absolute Gasteiger partial charge is 0.270 e. The van der Waals surface area contributed by atoms with E-state index < -0.39 is 4.92 Å². The number of rotatable bonds is 3. The summed E-state index contributed by atoms with van der Waals surface area (Å²) in [5, 5.41) is 12.6. The molecule has 0 amide bonds. The van der Waals surface area contributed by atoms with Gasteiger partial charge < -0.3 is 10.5 Å². The second-order valence-corrected chi connectivity index (χ2v) is 6.92.